The van der Waals surface area contributed by atoms with Crippen LogP contribution in [0.25, 0.3) is 22.3 Å². The van der Waals surface area contributed by atoms with Gasteiger partial charge in [-0.3, -0.25) is 0 Å². The number of ether oxygens (including phenoxy) is 3. The maximum Gasteiger partial charge on any atom is 0.355 e. The van der Waals surface area contributed by atoms with Gasteiger partial charge in [-0.05, 0) is 6.07 Å². The van der Waals surface area contributed by atoms with Crippen molar-refractivity contribution in [2.45, 2.75) is 5.76 Å². The summed E-state index contributed by atoms with van der Waals surface area (Å²) in [6.45, 7) is 0. The van der Waals surface area contributed by atoms with Crippen molar-refractivity contribution in [3.8, 4) is 35.0 Å². The third-order valence-corrected chi connectivity index (χ3v) is 5.08. The number of nitrogens with zero attached hydrogens (tertiary/aromatic N) is 4. The first kappa shape index (κ1) is 19.5. The molecule has 1 aromatic carbocycles. The van der Waals surface area contributed by atoms with Gasteiger partial charge >= 0.3 is 27.8 Å². The average molecular weight is 416 g/mol. The maximum absolute atomic E-state index is 13.2. The van der Waals surface area contributed by atoms with Crippen molar-refractivity contribution in [3.05, 3.63) is 18.2 Å². The van der Waals surface area contributed by atoms with Crippen LogP contribution < -0.4 is 14.2 Å². The summed E-state index contributed by atoms with van der Waals surface area (Å²) in [7, 11) is -1.50. The zero-order chi connectivity index (χ0) is 20.6. The number of halogens is 2. The van der Waals surface area contributed by atoms with Crippen LogP contribution >= 0.6 is 0 Å². The molecule has 13 heteroatoms. The number of aromatic hydroxyl groups is 1. The van der Waals surface area contributed by atoms with E-state index in [1.807, 2.05) is 0 Å². The van der Waals surface area contributed by atoms with E-state index in [1.165, 1.54) is 39.5 Å². The lowest BCUT2D eigenvalue weighted by atomic mass is 10.1. The van der Waals surface area contributed by atoms with E-state index in [-0.39, 0.29) is 44.0 Å². The highest BCUT2D eigenvalue weighted by Crippen LogP contribution is 2.43. The van der Waals surface area contributed by atoms with E-state index in [2.05, 4.69) is 15.0 Å². The highest BCUT2D eigenvalue weighted by atomic mass is 32.2. The lowest BCUT2D eigenvalue weighted by Gasteiger charge is -2.09. The molecule has 0 aliphatic carbocycles. The Morgan fingerprint density at radius 1 is 1.04 bits per heavy atom. The molecular weight excluding hydrogens is 402 g/mol. The molecule has 0 aliphatic heterocycles. The molecule has 0 fully saturated rings. The molecule has 0 saturated heterocycles. The van der Waals surface area contributed by atoms with Crippen LogP contribution in [0.5, 0.6) is 23.7 Å². The number of aromatic nitrogens is 4. The van der Waals surface area contributed by atoms with E-state index >= 15 is 0 Å². The Labute approximate surface area is 157 Å². The Balaban J connectivity index is 2.49. The normalized spacial score (nSPS) is 11.8. The van der Waals surface area contributed by atoms with Gasteiger partial charge in [-0.15, -0.1) is 4.98 Å². The van der Waals surface area contributed by atoms with Gasteiger partial charge in [0.2, 0.25) is 5.88 Å². The first-order valence-electron chi connectivity index (χ1n) is 7.53. The van der Waals surface area contributed by atoms with Crippen LogP contribution in [0.4, 0.5) is 8.78 Å². The summed E-state index contributed by atoms with van der Waals surface area (Å²) in [5, 5.41) is 10.7. The number of methoxy groups -OCH3 is 3. The number of alkyl halides is 2. The fourth-order valence-electron chi connectivity index (χ4n) is 2.61. The summed E-state index contributed by atoms with van der Waals surface area (Å²) >= 11 is 0. The van der Waals surface area contributed by atoms with Gasteiger partial charge in [0.05, 0.1) is 26.9 Å². The van der Waals surface area contributed by atoms with Gasteiger partial charge in [0.15, 0.2) is 5.82 Å². The van der Waals surface area contributed by atoms with E-state index in [0.717, 1.165) is 0 Å². The minimum atomic E-state index is -5.27. The van der Waals surface area contributed by atoms with Gasteiger partial charge in [0, 0.05) is 5.39 Å². The molecule has 0 radical (unpaired) electrons. The molecule has 3 rings (SSSR count). The molecule has 150 valence electrons. The topological polar surface area (TPSA) is 126 Å². The smallest absolute Gasteiger partial charge is 0.355 e. The van der Waals surface area contributed by atoms with Crippen LogP contribution in [-0.4, -0.2) is 59.5 Å². The molecule has 28 heavy (non-hydrogen) atoms. The minimum Gasteiger partial charge on any atom is -0.495 e. The monoisotopic (exact) mass is 416 g/mol. The first-order chi connectivity index (χ1) is 13.3. The first-order valence-corrected chi connectivity index (χ1v) is 9.03. The SMILES string of the molecule is COc1nc(OC)nc(-c2c(O)n(S(=O)(=O)C(F)F)c3c(OC)cccc23)n1. The molecule has 1 N–H and O–H groups in total. The molecule has 0 atom stereocenters. The number of benzene rings is 1. The zero-order valence-corrected chi connectivity index (χ0v) is 15.6. The van der Waals surface area contributed by atoms with Crippen molar-refractivity contribution in [3.63, 3.8) is 0 Å². The van der Waals surface area contributed by atoms with Crippen molar-refractivity contribution >= 4 is 20.9 Å². The van der Waals surface area contributed by atoms with Crippen molar-refractivity contribution in [1.82, 2.24) is 18.9 Å². The number of para-hydroxylation sites is 1. The molecule has 2 heterocycles. The Bertz CT molecular complexity index is 1130. The van der Waals surface area contributed by atoms with Crippen LogP contribution in [0.2, 0.25) is 0 Å². The fraction of sp³-hybridized carbons (Fsp3) is 0.267. The van der Waals surface area contributed by atoms with E-state index in [1.54, 1.807) is 0 Å². The summed E-state index contributed by atoms with van der Waals surface area (Å²) < 4.78 is 66.0. The van der Waals surface area contributed by atoms with E-state index < -0.39 is 21.7 Å². The molecule has 3 aromatic rings. The maximum atomic E-state index is 13.2. The van der Waals surface area contributed by atoms with Crippen molar-refractivity contribution in [1.29, 1.82) is 0 Å². The molecule has 0 unspecified atom stereocenters. The van der Waals surface area contributed by atoms with Gasteiger partial charge in [0.25, 0.3) is 0 Å². The lowest BCUT2D eigenvalue weighted by molar-refractivity contribution is 0.232. The Morgan fingerprint density at radius 3 is 2.14 bits per heavy atom. The summed E-state index contributed by atoms with van der Waals surface area (Å²) in [5.41, 5.74) is -0.534. The molecule has 0 spiro atoms. The lowest BCUT2D eigenvalue weighted by Crippen LogP contribution is -2.20. The summed E-state index contributed by atoms with van der Waals surface area (Å²) in [6.07, 6.45) is 0. The second-order valence-electron chi connectivity index (χ2n) is 5.26. The number of hydrogen-bond acceptors (Lipinski definition) is 9. The highest BCUT2D eigenvalue weighted by molar-refractivity contribution is 7.90. The highest BCUT2D eigenvalue weighted by Gasteiger charge is 2.35. The third-order valence-electron chi connectivity index (χ3n) is 3.77. The van der Waals surface area contributed by atoms with Crippen LogP contribution in [0, 0.1) is 0 Å². The fourth-order valence-corrected chi connectivity index (χ4v) is 3.54. The second kappa shape index (κ2) is 7.07. The van der Waals surface area contributed by atoms with Crippen molar-refractivity contribution < 1.29 is 36.5 Å². The molecule has 0 aliphatic rings. The summed E-state index contributed by atoms with van der Waals surface area (Å²) in [5.74, 6) is -5.12. The molecule has 0 amide bonds. The molecule has 0 bridgehead atoms. The van der Waals surface area contributed by atoms with E-state index in [9.17, 15) is 22.3 Å². The Kier molecular flexibility index (Phi) is 4.93. The summed E-state index contributed by atoms with van der Waals surface area (Å²) in [6, 6.07) is 3.85. The van der Waals surface area contributed by atoms with Gasteiger partial charge in [-0.2, -0.15) is 31.1 Å². The van der Waals surface area contributed by atoms with Crippen LogP contribution in [0.15, 0.2) is 18.2 Å². The quantitative estimate of drug-likeness (QED) is 0.638. The largest absolute Gasteiger partial charge is 0.495 e. The predicted molar refractivity (Wildman–Crippen MR) is 92.4 cm³/mol. The van der Waals surface area contributed by atoms with Gasteiger partial charge in [-0.25, -0.2) is 0 Å². The number of hydrogen-bond donors (Lipinski definition) is 1. The standard InChI is InChI=1S/C15H14F2N4O6S/c1-25-8-6-4-5-7-9(11-18-14(26-2)20-15(19-11)27-3)12(22)21(10(7)8)28(23,24)13(16)17/h4-6,13,22H,1-3H3. The van der Waals surface area contributed by atoms with Gasteiger partial charge in [0.1, 0.15) is 11.3 Å². The Morgan fingerprint density at radius 2 is 1.64 bits per heavy atom. The predicted octanol–water partition coefficient (Wildman–Crippen LogP) is 1.63. The molecule has 0 saturated carbocycles. The average Bonchev–Trinajstić information content (AvgIpc) is 2.99. The van der Waals surface area contributed by atoms with Crippen molar-refractivity contribution in [2.75, 3.05) is 21.3 Å². The minimum absolute atomic E-state index is 0.0522. The van der Waals surface area contributed by atoms with Crippen LogP contribution in [0.1, 0.15) is 0 Å². The van der Waals surface area contributed by atoms with Crippen LogP contribution in [-0.2, 0) is 10.0 Å². The molecule has 10 nitrogen and oxygen atoms in total. The zero-order valence-electron chi connectivity index (χ0n) is 14.8. The number of fused-ring (bicyclic) bond motifs is 1. The van der Waals surface area contributed by atoms with Crippen molar-refractivity contribution in [2.24, 2.45) is 0 Å². The van der Waals surface area contributed by atoms with Gasteiger partial charge in [-0.1, -0.05) is 12.1 Å². The van der Waals surface area contributed by atoms with E-state index in [0.29, 0.717) is 0 Å². The van der Waals surface area contributed by atoms with Crippen LogP contribution in [0.3, 0.4) is 0 Å². The second-order valence-corrected chi connectivity index (χ2v) is 7.01. The Hall–Kier alpha value is -3.22. The number of rotatable bonds is 6. The molecular formula is C15H14F2N4O6S. The summed E-state index contributed by atoms with van der Waals surface area (Å²) in [4.78, 5) is 11.7. The molecule has 2 aromatic heterocycles. The third kappa shape index (κ3) is 2.93. The van der Waals surface area contributed by atoms with E-state index in [4.69, 9.17) is 14.2 Å². The van der Waals surface area contributed by atoms with Gasteiger partial charge < -0.3 is 19.3 Å².